The molecule has 4 N–H and O–H groups in total. The van der Waals surface area contributed by atoms with Crippen molar-refractivity contribution in [1.82, 2.24) is 9.88 Å². The monoisotopic (exact) mass is 677 g/mol. The van der Waals surface area contributed by atoms with Gasteiger partial charge in [-0.25, -0.2) is 0 Å². The molecule has 1 aromatic heterocycles. The molecule has 4 aromatic rings. The predicted octanol–water partition coefficient (Wildman–Crippen LogP) is 4.92. The highest BCUT2D eigenvalue weighted by atomic mass is 16.7. The summed E-state index contributed by atoms with van der Waals surface area (Å²) in [7, 11) is 0. The second-order valence-electron chi connectivity index (χ2n) is 15.1. The Kier molecular flexibility index (Phi) is 6.26. The van der Waals surface area contributed by atoms with Crippen molar-refractivity contribution in [3.8, 4) is 11.5 Å². The smallest absolute Gasteiger partial charge is 0.255 e. The Morgan fingerprint density at radius 1 is 0.980 bits per heavy atom. The Balaban J connectivity index is 0.989. The fourth-order valence-corrected chi connectivity index (χ4v) is 10.2. The Hall–Kier alpha value is -3.97. The maximum Gasteiger partial charge on any atom is 0.255 e. The number of aliphatic hydroxyl groups is 1. The number of anilines is 1. The molecule has 11 heteroatoms. The highest BCUT2D eigenvalue weighted by Gasteiger charge is 2.73. The maximum atomic E-state index is 13.9. The molecular weight excluding hydrogens is 638 g/mol. The molecule has 1 amide bonds. The van der Waals surface area contributed by atoms with Gasteiger partial charge in [0.15, 0.2) is 30.2 Å². The van der Waals surface area contributed by atoms with Crippen molar-refractivity contribution < 1.29 is 38.7 Å². The van der Waals surface area contributed by atoms with Crippen molar-refractivity contribution in [1.29, 1.82) is 0 Å². The van der Waals surface area contributed by atoms with E-state index in [0.29, 0.717) is 61.3 Å². The van der Waals surface area contributed by atoms with Crippen LogP contribution in [0.1, 0.15) is 81.8 Å². The number of carbonyl (C=O) groups is 1. The number of hydrogen-bond acceptors (Lipinski definition) is 9. The molecule has 1 spiro atoms. The van der Waals surface area contributed by atoms with Crippen molar-refractivity contribution in [2.75, 3.05) is 44.8 Å². The lowest BCUT2D eigenvalue weighted by Gasteiger charge is -2.62. The molecule has 0 radical (unpaired) electrons. The number of phenolic OH excluding ortho intramolecular Hbond substituents is 1. The maximum absolute atomic E-state index is 13.9. The van der Waals surface area contributed by atoms with Gasteiger partial charge in [0.25, 0.3) is 5.91 Å². The number of likely N-dealkylation sites (tertiary alicyclic amines) is 1. The summed E-state index contributed by atoms with van der Waals surface area (Å²) < 4.78 is 30.0. The van der Waals surface area contributed by atoms with Crippen LogP contribution in [-0.4, -0.2) is 77.2 Å². The summed E-state index contributed by atoms with van der Waals surface area (Å²) >= 11 is 0. The summed E-state index contributed by atoms with van der Waals surface area (Å²) in [5.41, 5.74) is 5.65. The van der Waals surface area contributed by atoms with E-state index in [4.69, 9.17) is 23.7 Å². The van der Waals surface area contributed by atoms with Gasteiger partial charge in [0.05, 0.1) is 54.3 Å². The van der Waals surface area contributed by atoms with Crippen molar-refractivity contribution in [2.24, 2.45) is 5.92 Å². The van der Waals surface area contributed by atoms with E-state index in [-0.39, 0.29) is 17.7 Å². The second kappa shape index (κ2) is 10.5. The molecule has 258 valence electrons. The number of H-pyrrole nitrogens is 1. The van der Waals surface area contributed by atoms with Crippen molar-refractivity contribution in [2.45, 2.75) is 67.8 Å². The zero-order chi connectivity index (χ0) is 33.4. The summed E-state index contributed by atoms with van der Waals surface area (Å²) in [6, 6.07) is 15.0. The zero-order valence-corrected chi connectivity index (χ0v) is 27.6. The lowest BCUT2D eigenvalue weighted by Crippen LogP contribution is -2.74. The van der Waals surface area contributed by atoms with Crippen LogP contribution < -0.4 is 10.1 Å². The Morgan fingerprint density at radius 2 is 1.76 bits per heavy atom. The normalized spacial score (nSPS) is 30.0. The number of nitrogens with one attached hydrogen (secondary N) is 2. The number of benzene rings is 3. The van der Waals surface area contributed by atoms with Gasteiger partial charge in [-0.2, -0.15) is 0 Å². The third-order valence-electron chi connectivity index (χ3n) is 12.5. The predicted molar refractivity (Wildman–Crippen MR) is 180 cm³/mol. The zero-order valence-electron chi connectivity index (χ0n) is 27.6. The topological polar surface area (TPSA) is 135 Å². The van der Waals surface area contributed by atoms with Crippen molar-refractivity contribution in [3.63, 3.8) is 0 Å². The van der Waals surface area contributed by atoms with E-state index in [1.807, 2.05) is 24.3 Å². The molecule has 0 unspecified atom stereocenters. The molecule has 11 nitrogen and oxygen atoms in total. The minimum atomic E-state index is -1.09. The quantitative estimate of drug-likeness (QED) is 0.225. The van der Waals surface area contributed by atoms with E-state index in [0.717, 1.165) is 64.8 Å². The van der Waals surface area contributed by atoms with Crippen LogP contribution in [0.3, 0.4) is 0 Å². The number of rotatable bonds is 6. The molecule has 1 saturated carbocycles. The van der Waals surface area contributed by atoms with Gasteiger partial charge in [0.1, 0.15) is 0 Å². The molecule has 3 aliphatic carbocycles. The molecule has 7 aliphatic rings. The molecule has 3 saturated heterocycles. The molecule has 4 atom stereocenters. The molecular formula is C39H39N3O8. The Bertz CT molecular complexity index is 2080. The number of aromatic amines is 1. The Labute approximate surface area is 288 Å². The average molecular weight is 678 g/mol. The minimum Gasteiger partial charge on any atom is -0.504 e. The number of piperidine rings is 1. The largest absolute Gasteiger partial charge is 0.504 e. The van der Waals surface area contributed by atoms with E-state index in [1.54, 1.807) is 18.2 Å². The van der Waals surface area contributed by atoms with E-state index in [9.17, 15) is 15.0 Å². The highest BCUT2D eigenvalue weighted by Crippen LogP contribution is 2.69. The van der Waals surface area contributed by atoms with Crippen LogP contribution in [0.4, 0.5) is 5.69 Å². The first-order valence-corrected chi connectivity index (χ1v) is 18.0. The number of fused-ring (bicyclic) bond motifs is 4. The van der Waals surface area contributed by atoms with Gasteiger partial charge >= 0.3 is 0 Å². The van der Waals surface area contributed by atoms with Gasteiger partial charge in [-0.3, -0.25) is 9.69 Å². The lowest BCUT2D eigenvalue weighted by molar-refractivity contribution is -0.173. The van der Waals surface area contributed by atoms with Gasteiger partial charge in [0, 0.05) is 46.6 Å². The van der Waals surface area contributed by atoms with E-state index in [1.165, 1.54) is 12.8 Å². The minimum absolute atomic E-state index is 0.0584. The summed E-state index contributed by atoms with van der Waals surface area (Å²) in [4.78, 5) is 20.2. The number of phenols is 1. The SMILES string of the molecule is O=C(Nc1cccc2c3c([nH]c12)[C@@H]1Oc2c(O)ccc4c2[C@@]12CCN(CC1CC1)[C@H](C4)[C@]2(O)C3)c1ccc(C2OCCO2)c(C2OCCO2)c1. The number of carbonyl (C=O) groups excluding carboxylic acids is 1. The number of ether oxygens (including phenoxy) is 5. The molecule has 3 aromatic carbocycles. The summed E-state index contributed by atoms with van der Waals surface area (Å²) in [6.45, 7) is 3.83. The van der Waals surface area contributed by atoms with Gasteiger partial charge in [0.2, 0.25) is 0 Å². The van der Waals surface area contributed by atoms with Gasteiger partial charge in [-0.05, 0) is 73.5 Å². The van der Waals surface area contributed by atoms with E-state index < -0.39 is 29.7 Å². The highest BCUT2D eigenvalue weighted by molar-refractivity contribution is 6.09. The first-order valence-electron chi connectivity index (χ1n) is 18.0. The molecule has 11 rings (SSSR count). The average Bonchev–Trinajstić information content (AvgIpc) is 3.56. The summed E-state index contributed by atoms with van der Waals surface area (Å²) in [5, 5.41) is 28.4. The first kappa shape index (κ1) is 29.7. The van der Waals surface area contributed by atoms with Gasteiger partial charge in [-0.15, -0.1) is 0 Å². The molecule has 50 heavy (non-hydrogen) atoms. The standard InChI is InChI=1S/C39H39N3O8/c43-28-9-7-21-17-29-39(45)18-26-23-2-1-3-27(40-35(44)22-6-8-24(36-46-12-13-47-36)25(16-22)37-48-14-15-49-37)31(23)41-32(26)34-38(39,30(21)33(28)50-34)10-11-42(29)19-20-4-5-20/h1-3,6-9,16,20,29,34,36-37,41,43,45H,4-5,10-15,17-19H2,(H,40,44)/t29-,34+,38+,39-/m1/s1. The van der Waals surface area contributed by atoms with Crippen LogP contribution >= 0.6 is 0 Å². The fourth-order valence-electron chi connectivity index (χ4n) is 10.2. The number of nitrogens with zero attached hydrogens (tertiary/aromatic N) is 1. The first-order chi connectivity index (χ1) is 24.4. The van der Waals surface area contributed by atoms with Crippen LogP contribution in [0.2, 0.25) is 0 Å². The van der Waals surface area contributed by atoms with Crippen LogP contribution in [0, 0.1) is 5.92 Å². The molecule has 4 aliphatic heterocycles. The lowest BCUT2D eigenvalue weighted by atomic mass is 9.49. The van der Waals surface area contributed by atoms with Gasteiger partial charge < -0.3 is 44.2 Å². The van der Waals surface area contributed by atoms with Crippen molar-refractivity contribution in [3.05, 3.63) is 87.6 Å². The van der Waals surface area contributed by atoms with Crippen LogP contribution in [-0.2, 0) is 37.2 Å². The summed E-state index contributed by atoms with van der Waals surface area (Å²) in [5.74, 6) is 1.04. The number of amides is 1. The summed E-state index contributed by atoms with van der Waals surface area (Å²) in [6.07, 6.45) is 2.79. The number of aromatic hydroxyl groups is 1. The van der Waals surface area contributed by atoms with Crippen LogP contribution in [0.25, 0.3) is 10.9 Å². The van der Waals surface area contributed by atoms with Crippen molar-refractivity contribution >= 4 is 22.5 Å². The fraction of sp³-hybridized carbons (Fsp3) is 0.462. The Morgan fingerprint density at radius 3 is 2.54 bits per heavy atom. The van der Waals surface area contributed by atoms with Gasteiger partial charge in [-0.1, -0.05) is 24.3 Å². The number of hydrogen-bond donors (Lipinski definition) is 4. The van der Waals surface area contributed by atoms with Crippen LogP contribution in [0.5, 0.6) is 11.5 Å². The molecule has 2 bridgehead atoms. The molecule has 5 heterocycles. The van der Waals surface area contributed by atoms with E-state index in [2.05, 4.69) is 21.3 Å². The van der Waals surface area contributed by atoms with E-state index >= 15 is 0 Å². The molecule has 4 fully saturated rings. The third kappa shape index (κ3) is 3.99. The number of para-hydroxylation sites is 1. The second-order valence-corrected chi connectivity index (χ2v) is 15.1. The van der Waals surface area contributed by atoms with Crippen LogP contribution in [0.15, 0.2) is 48.5 Å². The third-order valence-corrected chi connectivity index (χ3v) is 12.5. The number of aromatic nitrogens is 1.